The van der Waals surface area contributed by atoms with Gasteiger partial charge in [0.1, 0.15) is 0 Å². The normalized spacial score (nSPS) is 19.4. The van der Waals surface area contributed by atoms with Crippen LogP contribution in [0.2, 0.25) is 0 Å². The van der Waals surface area contributed by atoms with Crippen molar-refractivity contribution < 1.29 is 32.2 Å². The molecule has 1 unspecified atom stereocenters. The fourth-order valence-electron chi connectivity index (χ4n) is 4.56. The number of ether oxygens (including phenoxy) is 2. The van der Waals surface area contributed by atoms with Crippen molar-refractivity contribution in [3.05, 3.63) is 57.9 Å². The minimum Gasteiger partial charge on any atom is -0.463 e. The maximum atomic E-state index is 14.0. The summed E-state index contributed by atoms with van der Waals surface area (Å²) in [7, 11) is 0. The maximum absolute atomic E-state index is 14.0. The minimum atomic E-state index is -4.66. The van der Waals surface area contributed by atoms with Gasteiger partial charge in [0.25, 0.3) is 0 Å². The third-order valence-corrected chi connectivity index (χ3v) is 5.87. The van der Waals surface area contributed by atoms with Gasteiger partial charge in [0.15, 0.2) is 0 Å². The van der Waals surface area contributed by atoms with Crippen LogP contribution >= 0.6 is 0 Å². The van der Waals surface area contributed by atoms with Crippen molar-refractivity contribution in [2.45, 2.75) is 58.5 Å². The van der Waals surface area contributed by atoms with E-state index in [-0.39, 0.29) is 29.9 Å². The molecule has 3 rings (SSSR count). The van der Waals surface area contributed by atoms with E-state index in [1.54, 1.807) is 20.8 Å². The first-order valence-electron chi connectivity index (χ1n) is 10.9. The Labute approximate surface area is 185 Å². The Kier molecular flexibility index (Phi) is 7.31. The monoisotopic (exact) mass is 451 g/mol. The van der Waals surface area contributed by atoms with Gasteiger partial charge in [-0.05, 0) is 51.7 Å². The van der Waals surface area contributed by atoms with Crippen molar-refractivity contribution in [3.8, 4) is 0 Å². The summed E-state index contributed by atoms with van der Waals surface area (Å²) in [4.78, 5) is 28.1. The van der Waals surface area contributed by atoms with Crippen LogP contribution in [0.4, 0.5) is 13.2 Å². The molecule has 0 radical (unpaired) electrons. The van der Waals surface area contributed by atoms with Gasteiger partial charge in [-0.3, -0.25) is 0 Å². The van der Waals surface area contributed by atoms with E-state index in [9.17, 15) is 22.8 Å². The van der Waals surface area contributed by atoms with Gasteiger partial charge in [0.05, 0.1) is 35.8 Å². The van der Waals surface area contributed by atoms with Gasteiger partial charge < -0.3 is 14.4 Å². The molecule has 2 aliphatic heterocycles. The topological polar surface area (TPSA) is 55.8 Å². The van der Waals surface area contributed by atoms with Crippen molar-refractivity contribution in [3.63, 3.8) is 0 Å². The van der Waals surface area contributed by atoms with E-state index in [0.717, 1.165) is 25.3 Å². The molecule has 1 atom stereocenters. The Balaban J connectivity index is 2.35. The van der Waals surface area contributed by atoms with Gasteiger partial charge in [0, 0.05) is 17.9 Å². The smallest absolute Gasteiger partial charge is 0.416 e. The summed E-state index contributed by atoms with van der Waals surface area (Å²) in [6.45, 7) is 5.69. The van der Waals surface area contributed by atoms with E-state index in [1.165, 1.54) is 18.2 Å². The van der Waals surface area contributed by atoms with Crippen molar-refractivity contribution >= 4 is 11.9 Å². The van der Waals surface area contributed by atoms with Gasteiger partial charge in [-0.2, -0.15) is 13.2 Å². The van der Waals surface area contributed by atoms with Gasteiger partial charge in [-0.25, -0.2) is 9.59 Å². The summed E-state index contributed by atoms with van der Waals surface area (Å²) in [6.07, 6.45) is -1.58. The standard InChI is InChI=1S/C24H28F3NO4/c1-4-31-22(29)19-15(3)28-14-10-6-7-13-18(28)21(23(30)32-5-2)20(19)16-11-8-9-12-17(16)24(25,26)27/h8-9,11-12,20H,4-7,10,13-14H2,1-3H3. The lowest BCUT2D eigenvalue weighted by Crippen LogP contribution is -2.36. The Bertz CT molecular complexity index is 949. The summed E-state index contributed by atoms with van der Waals surface area (Å²) >= 11 is 0. The number of esters is 2. The van der Waals surface area contributed by atoms with E-state index in [2.05, 4.69) is 0 Å². The maximum Gasteiger partial charge on any atom is 0.416 e. The molecule has 5 nitrogen and oxygen atoms in total. The summed E-state index contributed by atoms with van der Waals surface area (Å²) in [5, 5.41) is 0. The second-order valence-electron chi connectivity index (χ2n) is 7.78. The summed E-state index contributed by atoms with van der Waals surface area (Å²) < 4.78 is 52.5. The number of nitrogens with zero attached hydrogens (tertiary/aromatic N) is 1. The van der Waals surface area contributed by atoms with Crippen molar-refractivity contribution in [1.29, 1.82) is 0 Å². The van der Waals surface area contributed by atoms with Crippen LogP contribution < -0.4 is 0 Å². The lowest BCUT2D eigenvalue weighted by molar-refractivity contribution is -0.142. The fraction of sp³-hybridized carbons (Fsp3) is 0.500. The van der Waals surface area contributed by atoms with Crippen LogP contribution in [0.1, 0.15) is 63.5 Å². The number of halogens is 3. The SMILES string of the molecule is CCOC(=O)C1=C(C)N2CCCCCC2=C(C(=O)OCC)C1c1ccccc1C(F)(F)F. The Morgan fingerprint density at radius 2 is 1.62 bits per heavy atom. The largest absolute Gasteiger partial charge is 0.463 e. The van der Waals surface area contributed by atoms with Gasteiger partial charge in [0.2, 0.25) is 0 Å². The molecule has 174 valence electrons. The van der Waals surface area contributed by atoms with Crippen molar-refractivity contribution in [2.75, 3.05) is 19.8 Å². The van der Waals surface area contributed by atoms with Crippen LogP contribution in [0.5, 0.6) is 0 Å². The molecular weight excluding hydrogens is 423 g/mol. The molecule has 0 spiro atoms. The third-order valence-electron chi connectivity index (χ3n) is 5.87. The van der Waals surface area contributed by atoms with Crippen LogP contribution in [0, 0.1) is 0 Å². The second-order valence-corrected chi connectivity index (χ2v) is 7.78. The van der Waals surface area contributed by atoms with Crippen molar-refractivity contribution in [1.82, 2.24) is 4.90 Å². The number of allylic oxidation sites excluding steroid dienone is 2. The summed E-state index contributed by atoms with van der Waals surface area (Å²) in [6, 6.07) is 5.08. The predicted octanol–water partition coefficient (Wildman–Crippen LogP) is 5.33. The quantitative estimate of drug-likeness (QED) is 0.566. The molecule has 1 fully saturated rings. The lowest BCUT2D eigenvalue weighted by Gasteiger charge is -2.39. The average Bonchev–Trinajstić information content (AvgIpc) is 2.99. The molecule has 32 heavy (non-hydrogen) atoms. The molecule has 1 saturated heterocycles. The molecule has 2 aliphatic rings. The van der Waals surface area contributed by atoms with Crippen LogP contribution in [0.25, 0.3) is 0 Å². The molecular formula is C24H28F3NO4. The highest BCUT2D eigenvalue weighted by atomic mass is 19.4. The predicted molar refractivity (Wildman–Crippen MR) is 112 cm³/mol. The van der Waals surface area contributed by atoms with E-state index >= 15 is 0 Å². The molecule has 1 aromatic rings. The van der Waals surface area contributed by atoms with E-state index in [1.807, 2.05) is 4.90 Å². The van der Waals surface area contributed by atoms with Gasteiger partial charge >= 0.3 is 18.1 Å². The number of benzene rings is 1. The number of rotatable bonds is 5. The Morgan fingerprint density at radius 3 is 2.25 bits per heavy atom. The molecule has 0 aromatic heterocycles. The Morgan fingerprint density at radius 1 is 1.00 bits per heavy atom. The molecule has 2 heterocycles. The number of alkyl halides is 3. The van der Waals surface area contributed by atoms with Crippen molar-refractivity contribution in [2.24, 2.45) is 0 Å². The highest BCUT2D eigenvalue weighted by Crippen LogP contribution is 2.48. The molecule has 0 N–H and O–H groups in total. The fourth-order valence-corrected chi connectivity index (χ4v) is 4.56. The van der Waals surface area contributed by atoms with E-state index < -0.39 is 29.6 Å². The zero-order valence-electron chi connectivity index (χ0n) is 18.6. The molecule has 0 saturated carbocycles. The van der Waals surface area contributed by atoms with Crippen LogP contribution in [-0.4, -0.2) is 36.6 Å². The number of hydrogen-bond donors (Lipinski definition) is 0. The van der Waals surface area contributed by atoms with Gasteiger partial charge in [-0.15, -0.1) is 0 Å². The molecule has 0 bridgehead atoms. The lowest BCUT2D eigenvalue weighted by atomic mass is 9.77. The number of carbonyl (C=O) groups is 2. The van der Waals surface area contributed by atoms with Gasteiger partial charge in [-0.1, -0.05) is 24.6 Å². The highest BCUT2D eigenvalue weighted by molar-refractivity contribution is 6.00. The van der Waals surface area contributed by atoms with Crippen LogP contribution in [0.3, 0.4) is 0 Å². The number of hydrogen-bond acceptors (Lipinski definition) is 5. The molecule has 1 aromatic carbocycles. The second kappa shape index (κ2) is 9.79. The highest BCUT2D eigenvalue weighted by Gasteiger charge is 2.45. The first-order chi connectivity index (χ1) is 15.2. The Hall–Kier alpha value is -2.77. The van der Waals surface area contributed by atoms with Crippen LogP contribution in [-0.2, 0) is 25.2 Å². The number of carbonyl (C=O) groups excluding carboxylic acids is 2. The number of fused-ring (bicyclic) bond motifs is 1. The zero-order valence-corrected chi connectivity index (χ0v) is 18.6. The molecule has 0 amide bonds. The van der Waals surface area contributed by atoms with E-state index in [4.69, 9.17) is 9.47 Å². The first kappa shape index (κ1) is 23.9. The summed E-state index contributed by atoms with van der Waals surface area (Å²) in [5.74, 6) is -2.65. The van der Waals surface area contributed by atoms with E-state index in [0.29, 0.717) is 24.4 Å². The molecule has 0 aliphatic carbocycles. The first-order valence-corrected chi connectivity index (χ1v) is 10.9. The average molecular weight is 451 g/mol. The summed E-state index contributed by atoms with van der Waals surface area (Å²) in [5.41, 5.74) is 0.270. The molecule has 8 heteroatoms. The zero-order chi connectivity index (χ0) is 23.5. The third kappa shape index (κ3) is 4.54. The van der Waals surface area contributed by atoms with Crippen LogP contribution in [0.15, 0.2) is 46.8 Å². The minimum absolute atomic E-state index is 0.0530.